The highest BCUT2D eigenvalue weighted by atomic mass is 19.4. The molecule has 0 amide bonds. The van der Waals surface area contributed by atoms with E-state index in [0.29, 0.717) is 17.7 Å². The summed E-state index contributed by atoms with van der Waals surface area (Å²) in [7, 11) is 0. The quantitative estimate of drug-likeness (QED) is 0.575. The maximum absolute atomic E-state index is 13.5. The smallest absolute Gasteiger partial charge is 0.370 e. The first-order valence-corrected chi connectivity index (χ1v) is 9.48. The number of anilines is 3. The van der Waals surface area contributed by atoms with Crippen LogP contribution in [0.5, 0.6) is 0 Å². The molecule has 0 aliphatic heterocycles. The van der Waals surface area contributed by atoms with Gasteiger partial charge in [0.05, 0.1) is 23.6 Å². The molecule has 3 aromatic rings. The van der Waals surface area contributed by atoms with Gasteiger partial charge in [-0.2, -0.15) is 38.2 Å². The van der Waals surface area contributed by atoms with Crippen LogP contribution in [0.1, 0.15) is 63.4 Å². The Labute approximate surface area is 184 Å². The van der Waals surface area contributed by atoms with E-state index in [2.05, 4.69) is 30.6 Å². The fourth-order valence-corrected chi connectivity index (χ4v) is 3.01. The second-order valence-corrected chi connectivity index (χ2v) is 7.75. The van der Waals surface area contributed by atoms with E-state index >= 15 is 0 Å². The zero-order chi connectivity index (χ0) is 26.7. The number of rotatable bonds is 7. The number of nitrogens with zero attached hydrogens (tertiary/aromatic N) is 7. The second kappa shape index (κ2) is 7.50. The lowest BCUT2D eigenvalue weighted by atomic mass is 10.0. The molecule has 3 heterocycles. The van der Waals surface area contributed by atoms with Crippen molar-refractivity contribution >= 4 is 17.6 Å². The number of nitrogens with one attached hydrogen (secondary N) is 2. The van der Waals surface area contributed by atoms with Crippen molar-refractivity contribution in [1.29, 1.82) is 0 Å². The molecule has 0 aromatic carbocycles. The molecule has 1 aliphatic carbocycles. The topological polar surface area (TPSA) is 98.4 Å². The standard InChI is InChI=1S/C19H24F3N9/c1-5-23-16-13(19(20,21)22)10-24-17(27-16)26-15-8-14(29-30(15)12-6-7-12)18(3,4)31-25-9-11(2)28-31/h8-10,12H,5-7H2,1-4H3,(H2,23,24,26,27)/i1D3,5D2. The Balaban J connectivity index is 1.71. The van der Waals surface area contributed by atoms with Gasteiger partial charge in [0.2, 0.25) is 5.95 Å². The van der Waals surface area contributed by atoms with Crippen LogP contribution in [-0.4, -0.2) is 41.2 Å². The van der Waals surface area contributed by atoms with Crippen LogP contribution in [0.25, 0.3) is 0 Å². The van der Waals surface area contributed by atoms with Gasteiger partial charge in [-0.15, -0.1) is 0 Å². The monoisotopic (exact) mass is 440 g/mol. The van der Waals surface area contributed by atoms with Crippen molar-refractivity contribution in [2.24, 2.45) is 0 Å². The van der Waals surface area contributed by atoms with Crippen LogP contribution in [0.2, 0.25) is 0 Å². The molecule has 0 spiro atoms. The summed E-state index contributed by atoms with van der Waals surface area (Å²) >= 11 is 0. The maximum Gasteiger partial charge on any atom is 0.421 e. The molecular weight excluding hydrogens is 411 g/mol. The molecule has 1 saturated carbocycles. The average Bonchev–Trinajstić information content (AvgIpc) is 3.33. The number of alkyl halides is 3. The van der Waals surface area contributed by atoms with Gasteiger partial charge in [-0.25, -0.2) is 9.67 Å². The largest absolute Gasteiger partial charge is 0.421 e. The van der Waals surface area contributed by atoms with E-state index in [1.807, 2.05) is 13.8 Å². The summed E-state index contributed by atoms with van der Waals surface area (Å²) in [5.74, 6) is -0.907. The SMILES string of the molecule is [2H]C([2H])([2H])C([2H])([2H])Nc1nc(Nc2cc(C(C)(C)n3ncc(C)n3)nn2C2CC2)ncc1C(F)(F)F. The summed E-state index contributed by atoms with van der Waals surface area (Å²) in [5.41, 5.74) is -0.859. The summed E-state index contributed by atoms with van der Waals surface area (Å²) in [5, 5.41) is 17.9. The number of hydrogen-bond donors (Lipinski definition) is 2. The zero-order valence-corrected chi connectivity index (χ0v) is 17.0. The van der Waals surface area contributed by atoms with Gasteiger partial charge in [0.1, 0.15) is 22.7 Å². The molecule has 4 rings (SSSR count). The molecule has 1 aliphatic rings. The Morgan fingerprint density at radius 3 is 2.65 bits per heavy atom. The lowest BCUT2D eigenvalue weighted by Gasteiger charge is -2.21. The molecule has 0 radical (unpaired) electrons. The van der Waals surface area contributed by atoms with Crippen LogP contribution in [0.3, 0.4) is 0 Å². The lowest BCUT2D eigenvalue weighted by molar-refractivity contribution is -0.137. The van der Waals surface area contributed by atoms with Crippen molar-refractivity contribution in [3.05, 3.63) is 35.4 Å². The molecule has 0 saturated heterocycles. The Hall–Kier alpha value is -3.18. The molecule has 9 nitrogen and oxygen atoms in total. The van der Waals surface area contributed by atoms with Gasteiger partial charge < -0.3 is 10.6 Å². The van der Waals surface area contributed by atoms with E-state index in [1.54, 1.807) is 29.2 Å². The lowest BCUT2D eigenvalue weighted by Crippen LogP contribution is -2.30. The highest BCUT2D eigenvalue weighted by Gasteiger charge is 2.36. The van der Waals surface area contributed by atoms with Gasteiger partial charge in [0.25, 0.3) is 0 Å². The molecule has 0 atom stereocenters. The molecule has 12 heteroatoms. The summed E-state index contributed by atoms with van der Waals surface area (Å²) < 4.78 is 79.5. The van der Waals surface area contributed by atoms with Gasteiger partial charge >= 0.3 is 6.18 Å². The van der Waals surface area contributed by atoms with Crippen molar-refractivity contribution in [1.82, 2.24) is 34.7 Å². The van der Waals surface area contributed by atoms with E-state index in [4.69, 9.17) is 6.85 Å². The minimum atomic E-state index is -4.95. The van der Waals surface area contributed by atoms with Crippen LogP contribution in [-0.2, 0) is 11.7 Å². The minimum absolute atomic E-state index is 0.0705. The van der Waals surface area contributed by atoms with Crippen LogP contribution in [0.4, 0.5) is 30.8 Å². The normalized spacial score (nSPS) is 17.9. The number of hydrogen-bond acceptors (Lipinski definition) is 7. The number of halogens is 3. The molecule has 3 aromatic heterocycles. The summed E-state index contributed by atoms with van der Waals surface area (Å²) in [6.45, 7) is -0.900. The van der Waals surface area contributed by atoms with E-state index < -0.39 is 36.4 Å². The first-order valence-electron chi connectivity index (χ1n) is 12.0. The number of aromatic nitrogens is 7. The van der Waals surface area contributed by atoms with E-state index in [0.717, 1.165) is 18.5 Å². The van der Waals surface area contributed by atoms with Crippen molar-refractivity contribution in [2.75, 3.05) is 17.1 Å². The Morgan fingerprint density at radius 1 is 1.26 bits per heavy atom. The van der Waals surface area contributed by atoms with Gasteiger partial charge in [0.15, 0.2) is 0 Å². The molecular formula is C19H24F3N9. The molecule has 31 heavy (non-hydrogen) atoms. The van der Waals surface area contributed by atoms with Crippen molar-refractivity contribution < 1.29 is 20.0 Å². The summed E-state index contributed by atoms with van der Waals surface area (Å²) in [4.78, 5) is 9.02. The van der Waals surface area contributed by atoms with Crippen LogP contribution < -0.4 is 10.6 Å². The number of aryl methyl sites for hydroxylation is 1. The Bertz CT molecular complexity index is 1260. The Morgan fingerprint density at radius 2 is 2.03 bits per heavy atom. The first kappa shape index (κ1) is 15.6. The van der Waals surface area contributed by atoms with E-state index in [-0.39, 0.29) is 12.0 Å². The van der Waals surface area contributed by atoms with E-state index in [1.165, 1.54) is 4.80 Å². The third-order valence-corrected chi connectivity index (χ3v) is 4.88. The molecule has 0 unspecified atom stereocenters. The third kappa shape index (κ3) is 4.19. The average molecular weight is 440 g/mol. The minimum Gasteiger partial charge on any atom is -0.370 e. The highest BCUT2D eigenvalue weighted by molar-refractivity contribution is 5.55. The highest BCUT2D eigenvalue weighted by Crippen LogP contribution is 2.39. The fourth-order valence-electron chi connectivity index (χ4n) is 3.01. The fraction of sp³-hybridized carbons (Fsp3) is 0.526. The van der Waals surface area contributed by atoms with Crippen LogP contribution in [0.15, 0.2) is 18.5 Å². The third-order valence-electron chi connectivity index (χ3n) is 4.88. The predicted octanol–water partition coefficient (Wildman–Crippen LogP) is 3.89. The van der Waals surface area contributed by atoms with Crippen molar-refractivity contribution in [3.8, 4) is 0 Å². The molecule has 0 bridgehead atoms. The predicted molar refractivity (Wildman–Crippen MR) is 108 cm³/mol. The zero-order valence-electron chi connectivity index (χ0n) is 22.0. The maximum atomic E-state index is 13.5. The van der Waals surface area contributed by atoms with Gasteiger partial charge in [-0.1, -0.05) is 0 Å². The van der Waals surface area contributed by atoms with Crippen LogP contribution >= 0.6 is 0 Å². The van der Waals surface area contributed by atoms with Crippen LogP contribution in [0, 0.1) is 6.92 Å². The van der Waals surface area contributed by atoms with Crippen molar-refractivity contribution in [3.63, 3.8) is 0 Å². The molecule has 2 N–H and O–H groups in total. The Kier molecular flexibility index (Phi) is 3.77. The molecule has 166 valence electrons. The van der Waals surface area contributed by atoms with Gasteiger partial charge in [-0.3, -0.25) is 0 Å². The van der Waals surface area contributed by atoms with Gasteiger partial charge in [-0.05, 0) is 40.5 Å². The summed E-state index contributed by atoms with van der Waals surface area (Å²) in [6.07, 6.45) is -1.16. The second-order valence-electron chi connectivity index (χ2n) is 7.75. The molecule has 1 fully saturated rings. The summed E-state index contributed by atoms with van der Waals surface area (Å²) in [6, 6.07) is 1.76. The van der Waals surface area contributed by atoms with Crippen molar-refractivity contribution in [2.45, 2.75) is 58.2 Å². The van der Waals surface area contributed by atoms with Gasteiger partial charge in [0, 0.05) is 25.6 Å². The first-order chi connectivity index (χ1) is 16.5. The van der Waals surface area contributed by atoms with E-state index in [9.17, 15) is 13.2 Å².